The van der Waals surface area contributed by atoms with E-state index in [1.807, 2.05) is 13.8 Å². The van der Waals surface area contributed by atoms with Crippen molar-refractivity contribution in [3.8, 4) is 5.75 Å². The minimum absolute atomic E-state index is 0.292. The summed E-state index contributed by atoms with van der Waals surface area (Å²) in [4.78, 5) is 0. The van der Waals surface area contributed by atoms with Crippen LogP contribution in [0.5, 0.6) is 5.75 Å². The Morgan fingerprint density at radius 3 is 2.44 bits per heavy atom. The molecule has 0 aliphatic carbocycles. The number of rotatable bonds is 4. The summed E-state index contributed by atoms with van der Waals surface area (Å²) in [5, 5.41) is 11.9. The molecule has 16 heavy (non-hydrogen) atoms. The number of hydrogen-bond acceptors (Lipinski definition) is 3. The van der Waals surface area contributed by atoms with Gasteiger partial charge in [-0.1, -0.05) is 19.0 Å². The lowest BCUT2D eigenvalue weighted by Gasteiger charge is -2.23. The fourth-order valence-corrected chi connectivity index (χ4v) is 1.03. The standard InChI is InChI=1S/C12H16FNO2/c1-9(14-15)12(2,3)8-16-11-6-4-10(13)5-7-11/h4-7,15H,8H2,1-3H3. The maximum absolute atomic E-state index is 12.6. The van der Waals surface area contributed by atoms with Crippen LogP contribution in [0.1, 0.15) is 20.8 Å². The molecule has 0 spiro atoms. The molecule has 0 amide bonds. The molecule has 0 aliphatic heterocycles. The minimum atomic E-state index is -0.358. The van der Waals surface area contributed by atoms with Crippen molar-refractivity contribution in [3.05, 3.63) is 30.1 Å². The molecule has 0 fully saturated rings. The predicted molar refractivity (Wildman–Crippen MR) is 60.6 cm³/mol. The van der Waals surface area contributed by atoms with Crippen molar-refractivity contribution in [3.63, 3.8) is 0 Å². The first-order valence-corrected chi connectivity index (χ1v) is 5.03. The molecule has 1 aromatic rings. The molecule has 0 unspecified atom stereocenters. The highest BCUT2D eigenvalue weighted by molar-refractivity contribution is 5.86. The van der Waals surface area contributed by atoms with E-state index < -0.39 is 0 Å². The van der Waals surface area contributed by atoms with Crippen LogP contribution in [0.3, 0.4) is 0 Å². The summed E-state index contributed by atoms with van der Waals surface area (Å²) in [6, 6.07) is 5.82. The van der Waals surface area contributed by atoms with E-state index in [9.17, 15) is 4.39 Å². The molecule has 0 atom stereocenters. The van der Waals surface area contributed by atoms with Crippen LogP contribution < -0.4 is 4.74 Å². The molecule has 1 rings (SSSR count). The molecular formula is C12H16FNO2. The highest BCUT2D eigenvalue weighted by Crippen LogP contribution is 2.20. The van der Waals surface area contributed by atoms with Gasteiger partial charge in [0.1, 0.15) is 11.6 Å². The lowest BCUT2D eigenvalue weighted by atomic mass is 9.89. The number of oxime groups is 1. The fraction of sp³-hybridized carbons (Fsp3) is 0.417. The summed E-state index contributed by atoms with van der Waals surface area (Å²) in [7, 11) is 0. The smallest absolute Gasteiger partial charge is 0.123 e. The topological polar surface area (TPSA) is 41.8 Å². The molecule has 0 aliphatic rings. The molecule has 4 heteroatoms. The number of ether oxygens (including phenoxy) is 1. The average Bonchev–Trinajstić information content (AvgIpc) is 2.27. The van der Waals surface area contributed by atoms with E-state index in [2.05, 4.69) is 5.16 Å². The third-order valence-electron chi connectivity index (χ3n) is 2.54. The average molecular weight is 225 g/mol. The molecule has 1 aromatic carbocycles. The summed E-state index contributed by atoms with van der Waals surface area (Å²) in [5.74, 6) is 0.305. The molecular weight excluding hydrogens is 209 g/mol. The van der Waals surface area contributed by atoms with Crippen molar-refractivity contribution in [1.29, 1.82) is 0 Å². The van der Waals surface area contributed by atoms with Gasteiger partial charge in [0.25, 0.3) is 0 Å². The van der Waals surface area contributed by atoms with E-state index in [1.54, 1.807) is 19.1 Å². The number of nitrogens with zero attached hydrogens (tertiary/aromatic N) is 1. The summed E-state index contributed by atoms with van der Waals surface area (Å²) in [6.07, 6.45) is 0. The summed E-state index contributed by atoms with van der Waals surface area (Å²) in [5.41, 5.74) is 0.234. The van der Waals surface area contributed by atoms with Crippen molar-refractivity contribution < 1.29 is 14.3 Å². The van der Waals surface area contributed by atoms with E-state index >= 15 is 0 Å². The molecule has 0 bridgehead atoms. The zero-order valence-corrected chi connectivity index (χ0v) is 9.70. The van der Waals surface area contributed by atoms with E-state index in [4.69, 9.17) is 9.94 Å². The predicted octanol–water partition coefficient (Wildman–Crippen LogP) is 3.08. The lowest BCUT2D eigenvalue weighted by Crippen LogP contribution is -2.29. The first-order chi connectivity index (χ1) is 7.45. The van der Waals surface area contributed by atoms with Crippen LogP contribution >= 0.6 is 0 Å². The Morgan fingerprint density at radius 2 is 1.94 bits per heavy atom. The second kappa shape index (κ2) is 4.96. The van der Waals surface area contributed by atoms with Crippen LogP contribution in [0.25, 0.3) is 0 Å². The lowest BCUT2D eigenvalue weighted by molar-refractivity contribution is 0.226. The Bertz CT molecular complexity index is 371. The van der Waals surface area contributed by atoms with Crippen LogP contribution in [0, 0.1) is 11.2 Å². The minimum Gasteiger partial charge on any atom is -0.493 e. The second-order valence-electron chi connectivity index (χ2n) is 4.31. The molecule has 0 saturated heterocycles. The summed E-state index contributed by atoms with van der Waals surface area (Å²) >= 11 is 0. The molecule has 0 saturated carbocycles. The number of hydrogen-bond donors (Lipinski definition) is 1. The Morgan fingerprint density at radius 1 is 1.38 bits per heavy atom. The SMILES string of the molecule is CC(=NO)C(C)(C)COc1ccc(F)cc1. The quantitative estimate of drug-likeness (QED) is 0.486. The van der Waals surface area contributed by atoms with Gasteiger partial charge in [-0.25, -0.2) is 4.39 Å². The Labute approximate surface area is 94.5 Å². The van der Waals surface area contributed by atoms with Gasteiger partial charge in [-0.15, -0.1) is 0 Å². The Hall–Kier alpha value is -1.58. The summed E-state index contributed by atoms with van der Waals surface area (Å²) in [6.45, 7) is 5.92. The third-order valence-corrected chi connectivity index (χ3v) is 2.54. The highest BCUT2D eigenvalue weighted by Gasteiger charge is 2.23. The first-order valence-electron chi connectivity index (χ1n) is 5.03. The van der Waals surface area contributed by atoms with E-state index in [0.717, 1.165) is 0 Å². The van der Waals surface area contributed by atoms with Crippen molar-refractivity contribution in [2.24, 2.45) is 10.6 Å². The van der Waals surface area contributed by atoms with Crippen molar-refractivity contribution in [2.45, 2.75) is 20.8 Å². The van der Waals surface area contributed by atoms with Gasteiger partial charge in [0.05, 0.1) is 12.3 Å². The van der Waals surface area contributed by atoms with Gasteiger partial charge in [-0.2, -0.15) is 0 Å². The zero-order chi connectivity index (χ0) is 12.2. The van der Waals surface area contributed by atoms with Crippen LogP contribution in [0.4, 0.5) is 4.39 Å². The first kappa shape index (κ1) is 12.5. The number of halogens is 1. The van der Waals surface area contributed by atoms with E-state index in [0.29, 0.717) is 18.1 Å². The van der Waals surface area contributed by atoms with Gasteiger partial charge in [-0.05, 0) is 31.2 Å². The van der Waals surface area contributed by atoms with Crippen LogP contribution in [0.15, 0.2) is 29.4 Å². The molecule has 88 valence electrons. The maximum atomic E-state index is 12.6. The van der Waals surface area contributed by atoms with Crippen molar-refractivity contribution in [1.82, 2.24) is 0 Å². The molecule has 1 N–H and O–H groups in total. The fourth-order valence-electron chi connectivity index (χ4n) is 1.03. The zero-order valence-electron chi connectivity index (χ0n) is 9.70. The van der Waals surface area contributed by atoms with E-state index in [1.165, 1.54) is 12.1 Å². The monoisotopic (exact) mass is 225 g/mol. The van der Waals surface area contributed by atoms with Crippen LogP contribution in [-0.2, 0) is 0 Å². The normalized spacial score (nSPS) is 12.6. The van der Waals surface area contributed by atoms with Gasteiger partial charge < -0.3 is 9.94 Å². The highest BCUT2D eigenvalue weighted by atomic mass is 19.1. The maximum Gasteiger partial charge on any atom is 0.123 e. The van der Waals surface area contributed by atoms with Gasteiger partial charge in [0.2, 0.25) is 0 Å². The Balaban J connectivity index is 2.61. The molecule has 3 nitrogen and oxygen atoms in total. The molecule has 0 heterocycles. The largest absolute Gasteiger partial charge is 0.493 e. The van der Waals surface area contributed by atoms with Gasteiger partial charge in [0.15, 0.2) is 0 Å². The van der Waals surface area contributed by atoms with Gasteiger partial charge in [0, 0.05) is 5.41 Å². The summed E-state index contributed by atoms with van der Waals surface area (Å²) < 4.78 is 18.1. The third kappa shape index (κ3) is 3.22. The van der Waals surface area contributed by atoms with Crippen molar-refractivity contribution >= 4 is 5.71 Å². The molecule has 0 radical (unpaired) electrons. The van der Waals surface area contributed by atoms with E-state index in [-0.39, 0.29) is 11.2 Å². The van der Waals surface area contributed by atoms with Crippen LogP contribution in [0.2, 0.25) is 0 Å². The number of benzene rings is 1. The van der Waals surface area contributed by atoms with Gasteiger partial charge >= 0.3 is 0 Å². The molecule has 0 aromatic heterocycles. The Kier molecular flexibility index (Phi) is 3.88. The van der Waals surface area contributed by atoms with Gasteiger partial charge in [-0.3, -0.25) is 0 Å². The second-order valence-corrected chi connectivity index (χ2v) is 4.31. The van der Waals surface area contributed by atoms with Crippen molar-refractivity contribution in [2.75, 3.05) is 6.61 Å². The van der Waals surface area contributed by atoms with Crippen LogP contribution in [-0.4, -0.2) is 17.5 Å².